The highest BCUT2D eigenvalue weighted by molar-refractivity contribution is 9.10. The van der Waals surface area contributed by atoms with Crippen LogP contribution in [0.25, 0.3) is 0 Å². The van der Waals surface area contributed by atoms with Gasteiger partial charge in [0.25, 0.3) is 5.91 Å². The number of hydrogen-bond acceptors (Lipinski definition) is 2. The van der Waals surface area contributed by atoms with Gasteiger partial charge in [0.1, 0.15) is 12.3 Å². The molecule has 122 valence electrons. The van der Waals surface area contributed by atoms with Gasteiger partial charge >= 0.3 is 0 Å². The van der Waals surface area contributed by atoms with Crippen LogP contribution in [0.3, 0.4) is 0 Å². The molecule has 0 heterocycles. The third-order valence-corrected chi connectivity index (χ3v) is 4.08. The number of hydrogen-bond donors (Lipinski definition) is 2. The predicted octanol–water partition coefficient (Wildman–Crippen LogP) is 1.79. The maximum atomic E-state index is 12.1. The molecule has 2 aromatic carbocycles. The van der Waals surface area contributed by atoms with E-state index in [0.29, 0.717) is 13.1 Å². The maximum Gasteiger partial charge on any atom is 0.275 e. The van der Waals surface area contributed by atoms with E-state index in [1.54, 1.807) is 7.11 Å². The molecule has 0 fully saturated rings. The van der Waals surface area contributed by atoms with Crippen molar-refractivity contribution in [3.63, 3.8) is 0 Å². The summed E-state index contributed by atoms with van der Waals surface area (Å²) in [4.78, 5) is 13.2. The molecule has 0 aliphatic heterocycles. The van der Waals surface area contributed by atoms with Crippen LogP contribution in [0.15, 0.2) is 53.0 Å². The molecule has 0 spiro atoms. The number of amides is 1. The minimum atomic E-state index is 0.0329. The normalized spacial score (nSPS) is 11.8. The van der Waals surface area contributed by atoms with Crippen molar-refractivity contribution in [2.24, 2.45) is 0 Å². The molecule has 1 atom stereocenters. The fourth-order valence-electron chi connectivity index (χ4n) is 2.39. The fourth-order valence-corrected chi connectivity index (χ4v) is 2.66. The lowest BCUT2D eigenvalue weighted by atomic mass is 10.2. The second-order valence-corrected chi connectivity index (χ2v) is 6.44. The van der Waals surface area contributed by atoms with Crippen LogP contribution in [0.5, 0.6) is 5.75 Å². The van der Waals surface area contributed by atoms with E-state index in [9.17, 15) is 4.79 Å². The molecule has 5 heteroatoms. The summed E-state index contributed by atoms with van der Waals surface area (Å²) in [5.74, 6) is 0.828. The Morgan fingerprint density at radius 3 is 2.57 bits per heavy atom. The molecule has 0 aliphatic rings. The Hall–Kier alpha value is -1.85. The van der Waals surface area contributed by atoms with Crippen molar-refractivity contribution in [3.8, 4) is 5.75 Å². The first-order valence-corrected chi connectivity index (χ1v) is 8.32. The minimum Gasteiger partial charge on any atom is -0.496 e. The molecular weight excluding hydrogens is 356 g/mol. The molecule has 2 rings (SSSR count). The van der Waals surface area contributed by atoms with Crippen LogP contribution in [-0.2, 0) is 17.9 Å². The van der Waals surface area contributed by atoms with Crippen LogP contribution >= 0.6 is 15.9 Å². The van der Waals surface area contributed by atoms with Crippen molar-refractivity contribution in [2.45, 2.75) is 13.1 Å². The van der Waals surface area contributed by atoms with Crippen molar-refractivity contribution in [2.75, 3.05) is 20.7 Å². The van der Waals surface area contributed by atoms with Crippen LogP contribution in [-0.4, -0.2) is 26.6 Å². The third kappa shape index (κ3) is 5.69. The van der Waals surface area contributed by atoms with Crippen LogP contribution in [0, 0.1) is 0 Å². The van der Waals surface area contributed by atoms with E-state index in [2.05, 4.69) is 33.4 Å². The number of quaternary nitrogens is 1. The van der Waals surface area contributed by atoms with Gasteiger partial charge < -0.3 is 15.0 Å². The first-order valence-electron chi connectivity index (χ1n) is 7.53. The lowest BCUT2D eigenvalue weighted by molar-refractivity contribution is -0.885. The molecule has 0 radical (unpaired) electrons. The number of ether oxygens (including phenoxy) is 1. The quantitative estimate of drug-likeness (QED) is 0.772. The maximum absolute atomic E-state index is 12.1. The van der Waals surface area contributed by atoms with E-state index in [0.717, 1.165) is 27.2 Å². The van der Waals surface area contributed by atoms with E-state index in [4.69, 9.17) is 4.74 Å². The molecule has 23 heavy (non-hydrogen) atoms. The summed E-state index contributed by atoms with van der Waals surface area (Å²) in [5, 5.41) is 2.95. The molecule has 2 N–H and O–H groups in total. The average Bonchev–Trinajstić information content (AvgIpc) is 2.55. The summed E-state index contributed by atoms with van der Waals surface area (Å²) in [6, 6.07) is 15.9. The number of likely N-dealkylation sites (N-methyl/N-ethyl adjacent to an activating group) is 1. The number of methoxy groups -OCH3 is 1. The number of para-hydroxylation sites is 1. The third-order valence-electron chi connectivity index (χ3n) is 3.55. The van der Waals surface area contributed by atoms with Gasteiger partial charge in [-0.2, -0.15) is 0 Å². The number of halogens is 1. The monoisotopic (exact) mass is 377 g/mol. The zero-order valence-electron chi connectivity index (χ0n) is 13.4. The zero-order chi connectivity index (χ0) is 16.7. The molecule has 0 aromatic heterocycles. The molecule has 4 nitrogen and oxygen atoms in total. The number of benzene rings is 2. The standard InChI is InChI=1S/C18H21BrN2O2/c1-21(12-14-7-9-16(19)10-8-14)13-18(22)20-11-15-5-3-4-6-17(15)23-2/h3-10H,11-13H2,1-2H3,(H,20,22)/p+1. The minimum absolute atomic E-state index is 0.0329. The summed E-state index contributed by atoms with van der Waals surface area (Å²) in [6.07, 6.45) is 0. The van der Waals surface area contributed by atoms with Crippen LogP contribution in [0.4, 0.5) is 0 Å². The topological polar surface area (TPSA) is 42.8 Å². The molecule has 0 bridgehead atoms. The number of carbonyl (C=O) groups excluding carboxylic acids is 1. The van der Waals surface area contributed by atoms with Crippen LogP contribution < -0.4 is 15.0 Å². The highest BCUT2D eigenvalue weighted by Gasteiger charge is 2.11. The summed E-state index contributed by atoms with van der Waals surface area (Å²) < 4.78 is 6.35. The van der Waals surface area contributed by atoms with E-state index < -0.39 is 0 Å². The van der Waals surface area contributed by atoms with Gasteiger partial charge in [-0.3, -0.25) is 4.79 Å². The Labute approximate surface area is 145 Å². The molecule has 1 unspecified atom stereocenters. The van der Waals surface area contributed by atoms with Gasteiger partial charge in [-0.05, 0) is 18.2 Å². The lowest BCUT2D eigenvalue weighted by Gasteiger charge is -2.14. The van der Waals surface area contributed by atoms with E-state index in [1.807, 2.05) is 43.4 Å². The highest BCUT2D eigenvalue weighted by Crippen LogP contribution is 2.16. The number of nitrogens with one attached hydrogen (secondary N) is 2. The van der Waals surface area contributed by atoms with E-state index in [-0.39, 0.29) is 5.91 Å². The first kappa shape index (κ1) is 17.5. The fraction of sp³-hybridized carbons (Fsp3) is 0.278. The zero-order valence-corrected chi connectivity index (χ0v) is 15.0. The van der Waals surface area contributed by atoms with Crippen molar-refractivity contribution in [1.29, 1.82) is 0 Å². The Kier molecular flexibility index (Phi) is 6.62. The smallest absolute Gasteiger partial charge is 0.275 e. The largest absolute Gasteiger partial charge is 0.496 e. The summed E-state index contributed by atoms with van der Waals surface area (Å²) >= 11 is 3.43. The highest BCUT2D eigenvalue weighted by atomic mass is 79.9. The van der Waals surface area contributed by atoms with Crippen LogP contribution in [0.1, 0.15) is 11.1 Å². The average molecular weight is 378 g/mol. The number of rotatable bonds is 7. The van der Waals surface area contributed by atoms with E-state index >= 15 is 0 Å². The van der Waals surface area contributed by atoms with Crippen molar-refractivity contribution < 1.29 is 14.4 Å². The van der Waals surface area contributed by atoms with Crippen molar-refractivity contribution in [1.82, 2.24) is 5.32 Å². The summed E-state index contributed by atoms with van der Waals surface area (Å²) in [5.41, 5.74) is 2.19. The molecule has 0 saturated heterocycles. The summed E-state index contributed by atoms with van der Waals surface area (Å²) in [7, 11) is 3.65. The summed E-state index contributed by atoms with van der Waals surface area (Å²) in [6.45, 7) is 1.73. The second kappa shape index (κ2) is 8.70. The van der Waals surface area contributed by atoms with Gasteiger partial charge in [-0.25, -0.2) is 0 Å². The van der Waals surface area contributed by atoms with Gasteiger partial charge in [-0.1, -0.05) is 46.3 Å². The Bertz CT molecular complexity index is 644. The molecule has 0 saturated carbocycles. The van der Waals surface area contributed by atoms with Crippen LogP contribution in [0.2, 0.25) is 0 Å². The van der Waals surface area contributed by atoms with Crippen molar-refractivity contribution in [3.05, 3.63) is 64.1 Å². The van der Waals surface area contributed by atoms with Gasteiger partial charge in [0.15, 0.2) is 6.54 Å². The van der Waals surface area contributed by atoms with E-state index in [1.165, 1.54) is 5.56 Å². The second-order valence-electron chi connectivity index (χ2n) is 5.53. The Morgan fingerprint density at radius 1 is 1.17 bits per heavy atom. The first-order chi connectivity index (χ1) is 11.1. The molecule has 2 aromatic rings. The lowest BCUT2D eigenvalue weighted by Crippen LogP contribution is -3.08. The van der Waals surface area contributed by atoms with Gasteiger partial charge in [0, 0.05) is 22.1 Å². The molecular formula is C18H22BrN2O2+. The van der Waals surface area contributed by atoms with Gasteiger partial charge in [0.2, 0.25) is 0 Å². The van der Waals surface area contributed by atoms with Gasteiger partial charge in [0.05, 0.1) is 14.2 Å². The number of carbonyl (C=O) groups is 1. The SMILES string of the molecule is COc1ccccc1CNC(=O)C[NH+](C)Cc1ccc(Br)cc1. The Morgan fingerprint density at radius 2 is 1.87 bits per heavy atom. The molecule has 0 aliphatic carbocycles. The predicted molar refractivity (Wildman–Crippen MR) is 94.4 cm³/mol. The molecule has 1 amide bonds. The Balaban J connectivity index is 1.81. The van der Waals surface area contributed by atoms with Crippen molar-refractivity contribution >= 4 is 21.8 Å². The van der Waals surface area contributed by atoms with Gasteiger partial charge in [-0.15, -0.1) is 0 Å².